The summed E-state index contributed by atoms with van der Waals surface area (Å²) >= 11 is 1.32. The average Bonchev–Trinajstić information content (AvgIpc) is 3.29. The normalized spacial score (nSPS) is 15.8. The van der Waals surface area contributed by atoms with E-state index >= 15 is 0 Å². The average molecular weight is 368 g/mol. The fourth-order valence-electron chi connectivity index (χ4n) is 3.36. The lowest BCUT2D eigenvalue weighted by Gasteiger charge is -2.27. The SMILES string of the molecule is O=C(N=Nc1c(O)n(CN2CCCCC2)c2ccccc12)c1cccs1. The maximum absolute atomic E-state index is 12.1. The zero-order chi connectivity index (χ0) is 17.9. The van der Waals surface area contributed by atoms with Crippen LogP contribution in [0.15, 0.2) is 52.0 Å². The molecule has 0 spiro atoms. The van der Waals surface area contributed by atoms with E-state index in [9.17, 15) is 9.90 Å². The van der Waals surface area contributed by atoms with E-state index in [4.69, 9.17) is 0 Å². The third-order valence-electron chi connectivity index (χ3n) is 4.68. The van der Waals surface area contributed by atoms with Crippen LogP contribution in [0.1, 0.15) is 28.9 Å². The number of azo groups is 1. The molecule has 1 aliphatic rings. The number of nitrogens with zero attached hydrogens (tertiary/aromatic N) is 4. The molecule has 1 N–H and O–H groups in total. The predicted molar refractivity (Wildman–Crippen MR) is 102 cm³/mol. The molecule has 0 saturated carbocycles. The van der Waals surface area contributed by atoms with Gasteiger partial charge in [0.25, 0.3) is 0 Å². The molecule has 7 heteroatoms. The van der Waals surface area contributed by atoms with Gasteiger partial charge in [0.05, 0.1) is 17.1 Å². The first-order chi connectivity index (χ1) is 12.7. The molecule has 1 aromatic carbocycles. The summed E-state index contributed by atoms with van der Waals surface area (Å²) in [6.45, 7) is 2.67. The number of aromatic hydroxyl groups is 1. The number of fused-ring (bicyclic) bond motifs is 1. The lowest BCUT2D eigenvalue weighted by atomic mass is 10.1. The first kappa shape index (κ1) is 16.9. The molecule has 134 valence electrons. The molecule has 4 rings (SSSR count). The number of carbonyl (C=O) groups excluding carboxylic acids is 1. The second-order valence-corrected chi connectivity index (χ2v) is 7.37. The first-order valence-electron chi connectivity index (χ1n) is 8.76. The van der Waals surface area contributed by atoms with Gasteiger partial charge in [0, 0.05) is 5.39 Å². The molecule has 26 heavy (non-hydrogen) atoms. The molecule has 0 bridgehead atoms. The molecule has 1 amide bonds. The van der Waals surface area contributed by atoms with Crippen molar-refractivity contribution in [3.8, 4) is 5.88 Å². The van der Waals surface area contributed by atoms with E-state index in [2.05, 4.69) is 15.1 Å². The standard InChI is InChI=1S/C19H20N4O2S/c24-18(16-9-6-12-26-16)21-20-17-14-7-2-3-8-15(14)23(19(17)25)13-22-10-4-1-5-11-22/h2-3,6-9,12,25H,1,4-5,10-11,13H2. The minimum Gasteiger partial charge on any atom is -0.493 e. The number of piperidine rings is 1. The third-order valence-corrected chi connectivity index (χ3v) is 5.54. The fraction of sp³-hybridized carbons (Fsp3) is 0.316. The summed E-state index contributed by atoms with van der Waals surface area (Å²) in [6.07, 6.45) is 3.63. The van der Waals surface area contributed by atoms with Crippen molar-refractivity contribution in [2.24, 2.45) is 10.2 Å². The number of amides is 1. The highest BCUT2D eigenvalue weighted by atomic mass is 32.1. The monoisotopic (exact) mass is 368 g/mol. The Labute approximate surface area is 155 Å². The van der Waals surface area contributed by atoms with Crippen molar-refractivity contribution in [1.29, 1.82) is 0 Å². The summed E-state index contributed by atoms with van der Waals surface area (Å²) in [6, 6.07) is 11.2. The number of carbonyl (C=O) groups is 1. The van der Waals surface area contributed by atoms with Gasteiger partial charge in [0.1, 0.15) is 0 Å². The summed E-state index contributed by atoms with van der Waals surface area (Å²) in [7, 11) is 0. The molecule has 1 aliphatic heterocycles. The highest BCUT2D eigenvalue weighted by Crippen LogP contribution is 2.39. The van der Waals surface area contributed by atoms with Crippen molar-refractivity contribution < 1.29 is 9.90 Å². The molecule has 2 aromatic heterocycles. The van der Waals surface area contributed by atoms with Gasteiger partial charge in [-0.15, -0.1) is 21.6 Å². The maximum Gasteiger partial charge on any atom is 0.305 e. The molecule has 0 unspecified atom stereocenters. The summed E-state index contributed by atoms with van der Waals surface area (Å²) in [5, 5.41) is 21.3. The highest BCUT2D eigenvalue weighted by Gasteiger charge is 2.19. The summed E-state index contributed by atoms with van der Waals surface area (Å²) in [5.41, 5.74) is 1.25. The minimum absolute atomic E-state index is 0.0551. The molecule has 0 radical (unpaired) electrons. The highest BCUT2D eigenvalue weighted by molar-refractivity contribution is 7.12. The van der Waals surface area contributed by atoms with Crippen LogP contribution in [-0.4, -0.2) is 33.6 Å². The van der Waals surface area contributed by atoms with Gasteiger partial charge < -0.3 is 5.11 Å². The van der Waals surface area contributed by atoms with E-state index in [0.29, 0.717) is 17.2 Å². The smallest absolute Gasteiger partial charge is 0.305 e. The van der Waals surface area contributed by atoms with E-state index in [1.165, 1.54) is 30.6 Å². The second-order valence-electron chi connectivity index (χ2n) is 6.42. The quantitative estimate of drug-likeness (QED) is 0.674. The summed E-state index contributed by atoms with van der Waals surface area (Å²) < 4.78 is 1.85. The molecule has 6 nitrogen and oxygen atoms in total. The van der Waals surface area contributed by atoms with Crippen LogP contribution in [0.25, 0.3) is 10.9 Å². The van der Waals surface area contributed by atoms with Crippen molar-refractivity contribution in [1.82, 2.24) is 9.47 Å². The Morgan fingerprint density at radius 3 is 2.69 bits per heavy atom. The van der Waals surface area contributed by atoms with Crippen molar-refractivity contribution in [2.75, 3.05) is 13.1 Å². The lowest BCUT2D eigenvalue weighted by molar-refractivity contribution is 0.0999. The summed E-state index contributed by atoms with van der Waals surface area (Å²) in [5.74, 6) is -0.341. The largest absolute Gasteiger partial charge is 0.493 e. The summed E-state index contributed by atoms with van der Waals surface area (Å²) in [4.78, 5) is 15.0. The zero-order valence-corrected chi connectivity index (χ0v) is 15.2. The predicted octanol–water partition coefficient (Wildman–Crippen LogP) is 4.78. The van der Waals surface area contributed by atoms with Gasteiger partial charge in [-0.2, -0.15) is 0 Å². The number of rotatable bonds is 4. The third kappa shape index (κ3) is 3.27. The van der Waals surface area contributed by atoms with Gasteiger partial charge >= 0.3 is 5.91 Å². The Morgan fingerprint density at radius 2 is 1.92 bits per heavy atom. The van der Waals surface area contributed by atoms with Crippen molar-refractivity contribution >= 4 is 33.8 Å². The van der Waals surface area contributed by atoms with E-state index < -0.39 is 5.91 Å². The Kier molecular flexibility index (Phi) is 4.81. The van der Waals surface area contributed by atoms with E-state index in [1.807, 2.05) is 34.2 Å². The van der Waals surface area contributed by atoms with E-state index in [0.717, 1.165) is 24.0 Å². The van der Waals surface area contributed by atoms with Crippen LogP contribution in [0.3, 0.4) is 0 Å². The molecular weight excluding hydrogens is 348 g/mol. The Bertz CT molecular complexity index is 940. The topological polar surface area (TPSA) is 70.2 Å². The van der Waals surface area contributed by atoms with E-state index in [1.54, 1.807) is 12.1 Å². The molecule has 1 saturated heterocycles. The van der Waals surface area contributed by atoms with Gasteiger partial charge in [0.2, 0.25) is 5.88 Å². The molecular formula is C19H20N4O2S. The number of para-hydroxylation sites is 1. The van der Waals surface area contributed by atoms with Crippen LogP contribution >= 0.6 is 11.3 Å². The van der Waals surface area contributed by atoms with E-state index in [-0.39, 0.29) is 5.88 Å². The Morgan fingerprint density at radius 1 is 1.12 bits per heavy atom. The lowest BCUT2D eigenvalue weighted by Crippen LogP contribution is -2.31. The number of hydrogen-bond donors (Lipinski definition) is 1. The van der Waals surface area contributed by atoms with Gasteiger partial charge in [-0.25, -0.2) is 0 Å². The van der Waals surface area contributed by atoms with Crippen molar-refractivity contribution in [3.05, 3.63) is 46.7 Å². The number of thiophene rings is 1. The van der Waals surface area contributed by atoms with Crippen LogP contribution in [0.2, 0.25) is 0 Å². The van der Waals surface area contributed by atoms with Gasteiger partial charge in [0.15, 0.2) is 5.69 Å². The van der Waals surface area contributed by atoms with Crippen LogP contribution in [0.5, 0.6) is 5.88 Å². The van der Waals surface area contributed by atoms with Gasteiger partial charge in [-0.3, -0.25) is 14.3 Å². The number of benzene rings is 1. The van der Waals surface area contributed by atoms with Crippen molar-refractivity contribution in [2.45, 2.75) is 25.9 Å². The minimum atomic E-state index is -0.396. The van der Waals surface area contributed by atoms with Crippen LogP contribution in [-0.2, 0) is 6.67 Å². The molecule has 0 atom stereocenters. The number of hydrogen-bond acceptors (Lipinski definition) is 5. The molecule has 1 fully saturated rings. The number of aromatic nitrogens is 1. The van der Waals surface area contributed by atoms with Gasteiger partial charge in [-0.1, -0.05) is 30.7 Å². The van der Waals surface area contributed by atoms with Gasteiger partial charge in [-0.05, 0) is 43.4 Å². The van der Waals surface area contributed by atoms with Crippen LogP contribution in [0.4, 0.5) is 5.69 Å². The van der Waals surface area contributed by atoms with Crippen molar-refractivity contribution in [3.63, 3.8) is 0 Å². The molecule has 3 aromatic rings. The Hall–Kier alpha value is -2.51. The maximum atomic E-state index is 12.1. The molecule has 3 heterocycles. The molecule has 0 aliphatic carbocycles. The van der Waals surface area contributed by atoms with Crippen LogP contribution < -0.4 is 0 Å². The first-order valence-corrected chi connectivity index (χ1v) is 9.64. The Balaban J connectivity index is 1.68. The second kappa shape index (κ2) is 7.39. The number of likely N-dealkylation sites (tertiary alicyclic amines) is 1. The fourth-order valence-corrected chi connectivity index (χ4v) is 3.96. The zero-order valence-electron chi connectivity index (χ0n) is 14.3. The van der Waals surface area contributed by atoms with Crippen LogP contribution in [0, 0.1) is 0 Å².